The molecule has 0 atom stereocenters. The molecule has 1 aromatic rings. The van der Waals surface area contributed by atoms with Crippen LogP contribution in [0.1, 0.15) is 20.8 Å². The number of aliphatic hydroxyl groups is 1. The van der Waals surface area contributed by atoms with Gasteiger partial charge in [0, 0.05) is 13.1 Å². The zero-order valence-electron chi connectivity index (χ0n) is 10.4. The Morgan fingerprint density at radius 2 is 2.12 bits per heavy atom. The minimum Gasteiger partial charge on any atom is -0.478 e. The van der Waals surface area contributed by atoms with Crippen LogP contribution in [0.3, 0.4) is 0 Å². The molecule has 0 radical (unpaired) electrons. The van der Waals surface area contributed by atoms with Gasteiger partial charge in [-0.15, -0.1) is 0 Å². The van der Waals surface area contributed by atoms with E-state index >= 15 is 0 Å². The SMILES string of the molecule is CCOc1cccc(N(C)C(C)(C)CO)n1. The summed E-state index contributed by atoms with van der Waals surface area (Å²) in [7, 11) is 1.91. The zero-order valence-corrected chi connectivity index (χ0v) is 10.4. The van der Waals surface area contributed by atoms with Gasteiger partial charge in [-0.3, -0.25) is 0 Å². The number of nitrogens with zero attached hydrogens (tertiary/aromatic N) is 2. The van der Waals surface area contributed by atoms with Gasteiger partial charge >= 0.3 is 0 Å². The number of aromatic nitrogens is 1. The summed E-state index contributed by atoms with van der Waals surface area (Å²) >= 11 is 0. The van der Waals surface area contributed by atoms with Gasteiger partial charge in [0.05, 0.1) is 18.8 Å². The first-order valence-electron chi connectivity index (χ1n) is 5.46. The number of rotatable bonds is 5. The van der Waals surface area contributed by atoms with E-state index in [1.54, 1.807) is 0 Å². The predicted molar refractivity (Wildman–Crippen MR) is 65.0 cm³/mol. The van der Waals surface area contributed by atoms with Crippen molar-refractivity contribution in [3.63, 3.8) is 0 Å². The standard InChI is InChI=1S/C12H20N2O2/c1-5-16-11-8-6-7-10(13-11)14(4)12(2,3)9-15/h6-8,15H,5,9H2,1-4H3. The van der Waals surface area contributed by atoms with Crippen molar-refractivity contribution >= 4 is 5.82 Å². The van der Waals surface area contributed by atoms with E-state index in [0.717, 1.165) is 5.82 Å². The first-order valence-corrected chi connectivity index (χ1v) is 5.46. The van der Waals surface area contributed by atoms with E-state index in [2.05, 4.69) is 4.98 Å². The molecule has 0 saturated heterocycles. The number of anilines is 1. The van der Waals surface area contributed by atoms with Crippen molar-refractivity contribution in [2.45, 2.75) is 26.3 Å². The topological polar surface area (TPSA) is 45.6 Å². The summed E-state index contributed by atoms with van der Waals surface area (Å²) in [5.74, 6) is 1.41. The van der Waals surface area contributed by atoms with E-state index in [1.165, 1.54) is 0 Å². The van der Waals surface area contributed by atoms with Gasteiger partial charge in [-0.05, 0) is 26.8 Å². The molecule has 4 nitrogen and oxygen atoms in total. The Kier molecular flexibility index (Phi) is 4.12. The molecule has 1 rings (SSSR count). The molecule has 0 fully saturated rings. The van der Waals surface area contributed by atoms with Crippen LogP contribution in [-0.2, 0) is 0 Å². The van der Waals surface area contributed by atoms with Gasteiger partial charge < -0.3 is 14.7 Å². The van der Waals surface area contributed by atoms with Crippen LogP contribution in [0.2, 0.25) is 0 Å². The molecule has 0 unspecified atom stereocenters. The molecule has 90 valence electrons. The second kappa shape index (κ2) is 5.16. The minimum atomic E-state index is -0.335. The lowest BCUT2D eigenvalue weighted by atomic mass is 10.1. The van der Waals surface area contributed by atoms with Crippen LogP contribution in [0.15, 0.2) is 18.2 Å². The summed E-state index contributed by atoms with van der Waals surface area (Å²) in [6.07, 6.45) is 0. The van der Waals surface area contributed by atoms with Crippen LogP contribution >= 0.6 is 0 Å². The molecule has 4 heteroatoms. The minimum absolute atomic E-state index is 0.0735. The van der Waals surface area contributed by atoms with Gasteiger partial charge in [-0.2, -0.15) is 4.98 Å². The Labute approximate surface area is 96.9 Å². The maximum Gasteiger partial charge on any atom is 0.215 e. The van der Waals surface area contributed by atoms with Crippen LogP contribution in [0, 0.1) is 0 Å². The third kappa shape index (κ3) is 2.85. The number of ether oxygens (including phenoxy) is 1. The van der Waals surface area contributed by atoms with Crippen molar-refractivity contribution < 1.29 is 9.84 Å². The summed E-state index contributed by atoms with van der Waals surface area (Å²) in [6, 6.07) is 5.63. The molecule has 1 N–H and O–H groups in total. The first-order chi connectivity index (χ1) is 7.51. The van der Waals surface area contributed by atoms with Crippen LogP contribution in [0.4, 0.5) is 5.82 Å². The summed E-state index contributed by atoms with van der Waals surface area (Å²) in [6.45, 7) is 6.52. The maximum absolute atomic E-state index is 9.30. The molecule has 0 saturated carbocycles. The van der Waals surface area contributed by atoms with Gasteiger partial charge in [-0.25, -0.2) is 0 Å². The third-order valence-electron chi connectivity index (χ3n) is 2.64. The highest BCUT2D eigenvalue weighted by atomic mass is 16.5. The molecule has 1 aromatic heterocycles. The van der Waals surface area contributed by atoms with Crippen molar-refractivity contribution in [3.05, 3.63) is 18.2 Å². The Bertz CT molecular complexity index is 340. The largest absolute Gasteiger partial charge is 0.478 e. The fourth-order valence-electron chi connectivity index (χ4n) is 1.24. The van der Waals surface area contributed by atoms with Gasteiger partial charge in [0.15, 0.2) is 0 Å². The van der Waals surface area contributed by atoms with Crippen molar-refractivity contribution in [2.24, 2.45) is 0 Å². The molecule has 0 aliphatic heterocycles. The lowest BCUT2D eigenvalue weighted by Gasteiger charge is -2.34. The number of hydrogen-bond acceptors (Lipinski definition) is 4. The van der Waals surface area contributed by atoms with E-state index in [0.29, 0.717) is 12.5 Å². The van der Waals surface area contributed by atoms with E-state index in [4.69, 9.17) is 4.74 Å². The van der Waals surface area contributed by atoms with Gasteiger partial charge in [-0.1, -0.05) is 6.07 Å². The molecule has 0 spiro atoms. The Hall–Kier alpha value is -1.29. The van der Waals surface area contributed by atoms with E-state index < -0.39 is 0 Å². The van der Waals surface area contributed by atoms with Crippen LogP contribution in [0.25, 0.3) is 0 Å². The highest BCUT2D eigenvalue weighted by Crippen LogP contribution is 2.21. The molecule has 1 heterocycles. The van der Waals surface area contributed by atoms with E-state index in [9.17, 15) is 5.11 Å². The Balaban J connectivity index is 2.91. The second-order valence-electron chi connectivity index (χ2n) is 4.30. The zero-order chi connectivity index (χ0) is 12.2. The highest BCUT2D eigenvalue weighted by molar-refractivity contribution is 5.42. The van der Waals surface area contributed by atoms with Gasteiger partial charge in [0.1, 0.15) is 5.82 Å². The van der Waals surface area contributed by atoms with Crippen LogP contribution < -0.4 is 9.64 Å². The van der Waals surface area contributed by atoms with Crippen LogP contribution in [-0.4, -0.2) is 35.9 Å². The molecule has 0 amide bonds. The first kappa shape index (κ1) is 12.8. The fourth-order valence-corrected chi connectivity index (χ4v) is 1.24. The van der Waals surface area contributed by atoms with Gasteiger partial charge in [0.25, 0.3) is 0 Å². The fraction of sp³-hybridized carbons (Fsp3) is 0.583. The number of hydrogen-bond donors (Lipinski definition) is 1. The molecule has 0 aliphatic rings. The maximum atomic E-state index is 9.30. The molecular formula is C12H20N2O2. The molecular weight excluding hydrogens is 204 g/mol. The summed E-state index contributed by atoms with van der Waals surface area (Å²) in [5.41, 5.74) is -0.335. The number of likely N-dealkylation sites (N-methyl/N-ethyl adjacent to an activating group) is 1. The van der Waals surface area contributed by atoms with Crippen molar-refractivity contribution in [1.29, 1.82) is 0 Å². The summed E-state index contributed by atoms with van der Waals surface area (Å²) < 4.78 is 5.34. The van der Waals surface area contributed by atoms with Crippen LogP contribution in [0.5, 0.6) is 5.88 Å². The summed E-state index contributed by atoms with van der Waals surface area (Å²) in [5, 5.41) is 9.30. The average molecular weight is 224 g/mol. The second-order valence-corrected chi connectivity index (χ2v) is 4.30. The molecule has 16 heavy (non-hydrogen) atoms. The molecule has 0 bridgehead atoms. The monoisotopic (exact) mass is 224 g/mol. The Morgan fingerprint density at radius 3 is 2.69 bits per heavy atom. The smallest absolute Gasteiger partial charge is 0.215 e. The van der Waals surface area contributed by atoms with Crippen molar-refractivity contribution in [3.8, 4) is 5.88 Å². The normalized spacial score (nSPS) is 11.3. The molecule has 0 aromatic carbocycles. The quantitative estimate of drug-likeness (QED) is 0.826. The molecule has 0 aliphatic carbocycles. The predicted octanol–water partition coefficient (Wildman–Crippen LogP) is 1.69. The summed E-state index contributed by atoms with van der Waals surface area (Å²) in [4.78, 5) is 6.31. The van der Waals surface area contributed by atoms with Crippen molar-refractivity contribution in [2.75, 3.05) is 25.2 Å². The van der Waals surface area contributed by atoms with E-state index in [1.807, 2.05) is 50.9 Å². The highest BCUT2D eigenvalue weighted by Gasteiger charge is 2.23. The lowest BCUT2D eigenvalue weighted by Crippen LogP contribution is -2.44. The van der Waals surface area contributed by atoms with Crippen molar-refractivity contribution in [1.82, 2.24) is 4.98 Å². The third-order valence-corrected chi connectivity index (χ3v) is 2.64. The lowest BCUT2D eigenvalue weighted by molar-refractivity contribution is 0.215. The number of pyridine rings is 1. The van der Waals surface area contributed by atoms with Gasteiger partial charge in [0.2, 0.25) is 5.88 Å². The van der Waals surface area contributed by atoms with E-state index in [-0.39, 0.29) is 12.1 Å². The number of aliphatic hydroxyl groups excluding tert-OH is 1. The average Bonchev–Trinajstić information content (AvgIpc) is 2.29. The Morgan fingerprint density at radius 1 is 1.44 bits per heavy atom.